The maximum atomic E-state index is 11.5. The molecule has 0 fully saturated rings. The lowest BCUT2D eigenvalue weighted by Crippen LogP contribution is -2.01. The van der Waals surface area contributed by atoms with Crippen LogP contribution in [0.5, 0.6) is 0 Å². The maximum absolute atomic E-state index is 11.5. The van der Waals surface area contributed by atoms with Crippen LogP contribution in [0.15, 0.2) is 34.9 Å². The van der Waals surface area contributed by atoms with Crippen molar-refractivity contribution in [2.24, 2.45) is 5.92 Å². The molecule has 2 unspecified atom stereocenters. The van der Waals surface area contributed by atoms with Crippen LogP contribution in [-0.4, -0.2) is 21.3 Å². The molecule has 0 bridgehead atoms. The zero-order valence-electron chi connectivity index (χ0n) is 16.9. The number of allylic oxidation sites excluding steroid dienone is 5. The van der Waals surface area contributed by atoms with E-state index in [1.54, 1.807) is 6.08 Å². The van der Waals surface area contributed by atoms with Crippen LogP contribution < -0.4 is 0 Å². The summed E-state index contributed by atoms with van der Waals surface area (Å²) in [5.74, 6) is 0.272. The lowest BCUT2D eigenvalue weighted by atomic mass is 9.93. The highest BCUT2D eigenvalue weighted by Crippen LogP contribution is 2.57. The van der Waals surface area contributed by atoms with E-state index in [0.29, 0.717) is 0 Å². The van der Waals surface area contributed by atoms with Crippen LogP contribution in [0.1, 0.15) is 66.7 Å². The van der Waals surface area contributed by atoms with Crippen LogP contribution in [-0.2, 0) is 18.0 Å². The second kappa shape index (κ2) is 12.8. The van der Waals surface area contributed by atoms with Gasteiger partial charge >= 0.3 is 15.6 Å². The largest absolute Gasteiger partial charge is 0.481 e. The second-order valence-electron chi connectivity index (χ2n) is 6.83. The maximum Gasteiger partial charge on any atom is 0.481 e. The Morgan fingerprint density at radius 3 is 2.11 bits per heavy atom. The zero-order valence-corrected chi connectivity index (χ0v) is 18.7. The zero-order chi connectivity index (χ0) is 21.1. The Morgan fingerprint density at radius 1 is 1.00 bits per heavy atom. The van der Waals surface area contributed by atoms with Gasteiger partial charge in [-0.25, -0.2) is 9.13 Å². The van der Waals surface area contributed by atoms with Crippen LogP contribution >= 0.6 is 15.6 Å². The van der Waals surface area contributed by atoms with E-state index in [1.165, 1.54) is 11.1 Å². The van der Waals surface area contributed by atoms with E-state index in [9.17, 15) is 14.0 Å². The fraction of sp³-hybridized carbons (Fsp3) is 0.667. The van der Waals surface area contributed by atoms with Crippen molar-refractivity contribution >= 4 is 15.6 Å². The standard InChI is InChI=1S/C18H34O7P2/c1-6-17(5)18(12-8-11-16(4)10-7-9-15(2)3)13-14-24-27(22,23)25-26(19,20)21/h9,11,13,17H,6-8,10,12,14H2,1-5H3,(H,22,23)(H2,19,20,21)/b16-11+,18-13-. The molecule has 27 heavy (non-hydrogen) atoms. The molecule has 0 aromatic heterocycles. The van der Waals surface area contributed by atoms with Crippen molar-refractivity contribution in [2.75, 3.05) is 6.61 Å². The van der Waals surface area contributed by atoms with Gasteiger partial charge in [0.15, 0.2) is 0 Å². The summed E-state index contributed by atoms with van der Waals surface area (Å²) in [7, 11) is -9.89. The van der Waals surface area contributed by atoms with Gasteiger partial charge in [-0.2, -0.15) is 4.31 Å². The van der Waals surface area contributed by atoms with Crippen molar-refractivity contribution in [2.45, 2.75) is 66.7 Å². The van der Waals surface area contributed by atoms with E-state index in [4.69, 9.17) is 9.79 Å². The summed E-state index contributed by atoms with van der Waals surface area (Å²) in [6.45, 7) is 10.1. The first-order valence-corrected chi connectivity index (χ1v) is 12.1. The molecule has 0 amide bonds. The van der Waals surface area contributed by atoms with Crippen LogP contribution in [0, 0.1) is 5.92 Å². The summed E-state index contributed by atoms with van der Waals surface area (Å²) in [6, 6.07) is 0. The molecule has 3 N–H and O–H groups in total. The quantitative estimate of drug-likeness (QED) is 0.258. The average molecular weight is 424 g/mol. The van der Waals surface area contributed by atoms with Gasteiger partial charge in [-0.05, 0) is 58.8 Å². The molecule has 0 aromatic rings. The van der Waals surface area contributed by atoms with Crippen molar-refractivity contribution in [3.8, 4) is 0 Å². The van der Waals surface area contributed by atoms with E-state index < -0.39 is 15.6 Å². The second-order valence-corrected chi connectivity index (χ2v) is 9.66. The first-order valence-electron chi connectivity index (χ1n) is 9.08. The molecule has 7 nitrogen and oxygen atoms in total. The molecule has 9 heteroatoms. The monoisotopic (exact) mass is 424 g/mol. The highest BCUT2D eigenvalue weighted by Gasteiger charge is 2.31. The third-order valence-electron chi connectivity index (χ3n) is 4.06. The van der Waals surface area contributed by atoms with Gasteiger partial charge in [0.25, 0.3) is 0 Å². The van der Waals surface area contributed by atoms with Crippen molar-refractivity contribution in [3.63, 3.8) is 0 Å². The summed E-state index contributed by atoms with van der Waals surface area (Å²) < 4.78 is 30.5. The van der Waals surface area contributed by atoms with Crippen molar-refractivity contribution in [1.29, 1.82) is 0 Å². The summed E-state index contributed by atoms with van der Waals surface area (Å²) in [5.41, 5.74) is 3.71. The molecule has 158 valence electrons. The fourth-order valence-electron chi connectivity index (χ4n) is 2.38. The summed E-state index contributed by atoms with van der Waals surface area (Å²) in [5, 5.41) is 0. The number of hydrogen-bond donors (Lipinski definition) is 3. The highest BCUT2D eigenvalue weighted by atomic mass is 31.3. The number of rotatable bonds is 13. The number of phosphoric acid groups is 2. The van der Waals surface area contributed by atoms with Crippen LogP contribution in [0.3, 0.4) is 0 Å². The van der Waals surface area contributed by atoms with Gasteiger partial charge in [-0.1, -0.05) is 48.8 Å². The molecule has 0 spiro atoms. The third-order valence-corrected chi connectivity index (χ3v) is 6.21. The summed E-state index contributed by atoms with van der Waals surface area (Å²) in [4.78, 5) is 26.5. The molecule has 0 saturated carbocycles. The fourth-order valence-corrected chi connectivity index (χ4v) is 3.91. The summed E-state index contributed by atoms with van der Waals surface area (Å²) in [6.07, 6.45) is 10.7. The third kappa shape index (κ3) is 15.1. The predicted octanol–water partition coefficient (Wildman–Crippen LogP) is 5.66. The Hall–Kier alpha value is -0.520. The van der Waals surface area contributed by atoms with Crippen molar-refractivity contribution < 1.29 is 32.6 Å². The average Bonchev–Trinajstić information content (AvgIpc) is 2.49. The molecule has 0 aromatic carbocycles. The smallest absolute Gasteiger partial charge is 0.302 e. The molecule has 2 atom stereocenters. The normalized spacial score (nSPS) is 16.7. The minimum absolute atomic E-state index is 0.253. The Labute approximate surface area is 163 Å². The molecule has 0 aliphatic heterocycles. The first-order chi connectivity index (χ1) is 12.4. The van der Waals surface area contributed by atoms with Crippen molar-refractivity contribution in [1.82, 2.24) is 0 Å². The highest BCUT2D eigenvalue weighted by molar-refractivity contribution is 7.60. The SMILES string of the molecule is CCC(C)/C(=C\COP(=O)(O)OP(=O)(O)O)CC/C=C(\C)CCC=C(C)C. The van der Waals surface area contributed by atoms with E-state index >= 15 is 0 Å². The Morgan fingerprint density at radius 2 is 1.59 bits per heavy atom. The lowest BCUT2D eigenvalue weighted by molar-refractivity contribution is 0.190. The summed E-state index contributed by atoms with van der Waals surface area (Å²) >= 11 is 0. The number of hydrogen-bond acceptors (Lipinski definition) is 4. The number of phosphoric ester groups is 1. The van der Waals surface area contributed by atoms with Crippen molar-refractivity contribution in [3.05, 3.63) is 34.9 Å². The van der Waals surface area contributed by atoms with Gasteiger partial charge in [-0.15, -0.1) is 0 Å². The topological polar surface area (TPSA) is 113 Å². The Bertz CT molecular complexity index is 628. The van der Waals surface area contributed by atoms with Gasteiger partial charge < -0.3 is 14.7 Å². The van der Waals surface area contributed by atoms with E-state index in [2.05, 4.69) is 48.7 Å². The lowest BCUT2D eigenvalue weighted by Gasteiger charge is -2.15. The predicted molar refractivity (Wildman–Crippen MR) is 108 cm³/mol. The van der Waals surface area contributed by atoms with E-state index in [1.807, 2.05) is 6.92 Å². The van der Waals surface area contributed by atoms with Gasteiger partial charge in [0.1, 0.15) is 0 Å². The molecule has 0 saturated heterocycles. The van der Waals surface area contributed by atoms with Gasteiger partial charge in [0.05, 0.1) is 6.61 Å². The van der Waals surface area contributed by atoms with Gasteiger partial charge in [0, 0.05) is 0 Å². The first kappa shape index (κ1) is 26.5. The molecular weight excluding hydrogens is 390 g/mol. The van der Waals surface area contributed by atoms with Crippen LogP contribution in [0.2, 0.25) is 0 Å². The molecule has 0 radical (unpaired) electrons. The Kier molecular flexibility index (Phi) is 12.6. The minimum Gasteiger partial charge on any atom is -0.302 e. The molecule has 0 aliphatic rings. The van der Waals surface area contributed by atoms with Gasteiger partial charge in [-0.3, -0.25) is 4.52 Å². The van der Waals surface area contributed by atoms with E-state index in [0.717, 1.165) is 37.7 Å². The molecular formula is C18H34O7P2. The van der Waals surface area contributed by atoms with Gasteiger partial charge in [0.2, 0.25) is 0 Å². The minimum atomic E-state index is -5.09. The molecule has 0 aliphatic carbocycles. The van der Waals surface area contributed by atoms with Crippen LogP contribution in [0.4, 0.5) is 0 Å². The van der Waals surface area contributed by atoms with E-state index in [-0.39, 0.29) is 12.5 Å². The molecule has 0 rings (SSSR count). The van der Waals surface area contributed by atoms with Crippen LogP contribution in [0.25, 0.3) is 0 Å². The Balaban J connectivity index is 4.71. The molecule has 0 heterocycles.